The SMILES string of the molecule is C[C@@H](Oc1nc(-c2ccc(N3CCN(C4COC4)CC3)cc2F)cc2ncn(C3CC3)c12)C1CNC(=O)C1. The average molecular weight is 521 g/mol. The molecule has 200 valence electrons. The van der Waals surface area contributed by atoms with Crippen LogP contribution in [0.1, 0.15) is 32.2 Å². The number of benzene rings is 1. The summed E-state index contributed by atoms with van der Waals surface area (Å²) in [5.74, 6) is 0.248. The predicted molar refractivity (Wildman–Crippen MR) is 141 cm³/mol. The van der Waals surface area contributed by atoms with E-state index in [1.54, 1.807) is 6.07 Å². The van der Waals surface area contributed by atoms with Gasteiger partial charge in [-0.15, -0.1) is 0 Å². The number of amides is 1. The first kappa shape index (κ1) is 23.8. The number of carbonyl (C=O) groups excluding carboxylic acids is 1. The van der Waals surface area contributed by atoms with Crippen LogP contribution in [-0.4, -0.2) is 83.4 Å². The molecule has 7 rings (SSSR count). The lowest BCUT2D eigenvalue weighted by Crippen LogP contribution is -2.56. The van der Waals surface area contributed by atoms with Gasteiger partial charge in [-0.3, -0.25) is 9.69 Å². The third kappa shape index (κ3) is 4.39. The quantitative estimate of drug-likeness (QED) is 0.513. The number of nitrogens with one attached hydrogen (secondary N) is 1. The average Bonchev–Trinajstić information content (AvgIpc) is 3.48. The van der Waals surface area contributed by atoms with Crippen LogP contribution in [0.2, 0.25) is 0 Å². The highest BCUT2D eigenvalue weighted by Gasteiger charge is 2.32. The Morgan fingerprint density at radius 1 is 1.13 bits per heavy atom. The van der Waals surface area contributed by atoms with Gasteiger partial charge in [-0.2, -0.15) is 0 Å². The molecule has 38 heavy (non-hydrogen) atoms. The van der Waals surface area contributed by atoms with Gasteiger partial charge in [0, 0.05) is 62.4 Å². The second kappa shape index (κ2) is 9.50. The molecule has 3 aromatic rings. The number of carbonyl (C=O) groups is 1. The summed E-state index contributed by atoms with van der Waals surface area (Å²) in [4.78, 5) is 25.9. The maximum atomic E-state index is 15.6. The molecule has 1 N–H and O–H groups in total. The minimum Gasteiger partial charge on any atom is -0.473 e. The second-order valence-electron chi connectivity index (χ2n) is 11.0. The Kier molecular flexibility index (Phi) is 5.96. The zero-order valence-corrected chi connectivity index (χ0v) is 21.6. The summed E-state index contributed by atoms with van der Waals surface area (Å²) in [5.41, 5.74) is 3.40. The maximum absolute atomic E-state index is 15.6. The second-order valence-corrected chi connectivity index (χ2v) is 11.0. The largest absolute Gasteiger partial charge is 0.473 e. The monoisotopic (exact) mass is 520 g/mol. The first-order chi connectivity index (χ1) is 18.5. The van der Waals surface area contributed by atoms with Crippen molar-refractivity contribution in [3.8, 4) is 17.1 Å². The van der Waals surface area contributed by atoms with E-state index in [1.165, 1.54) is 0 Å². The van der Waals surface area contributed by atoms with Gasteiger partial charge in [0.2, 0.25) is 11.8 Å². The highest BCUT2D eigenvalue weighted by atomic mass is 19.1. The molecule has 4 aliphatic rings. The number of ether oxygens (including phenoxy) is 2. The minimum atomic E-state index is -0.310. The van der Waals surface area contributed by atoms with E-state index in [-0.39, 0.29) is 23.7 Å². The molecule has 5 heterocycles. The van der Waals surface area contributed by atoms with Crippen LogP contribution in [0, 0.1) is 11.7 Å². The molecule has 1 saturated carbocycles. The zero-order chi connectivity index (χ0) is 25.8. The van der Waals surface area contributed by atoms with E-state index in [4.69, 9.17) is 14.5 Å². The van der Waals surface area contributed by atoms with Gasteiger partial charge in [-0.25, -0.2) is 14.4 Å². The summed E-state index contributed by atoms with van der Waals surface area (Å²) in [6.45, 7) is 7.85. The molecule has 0 bridgehead atoms. The number of aromatic nitrogens is 3. The van der Waals surface area contributed by atoms with Crippen molar-refractivity contribution in [2.45, 2.75) is 44.4 Å². The molecule has 2 atom stereocenters. The van der Waals surface area contributed by atoms with Crippen LogP contribution in [0.5, 0.6) is 5.88 Å². The summed E-state index contributed by atoms with van der Waals surface area (Å²) < 4.78 is 29.4. The lowest BCUT2D eigenvalue weighted by atomic mass is 10.0. The van der Waals surface area contributed by atoms with Crippen LogP contribution in [0.3, 0.4) is 0 Å². The molecule has 1 aromatic carbocycles. The number of pyridine rings is 1. The van der Waals surface area contributed by atoms with Crippen molar-refractivity contribution in [1.82, 2.24) is 24.8 Å². The molecule has 0 spiro atoms. The predicted octanol–water partition coefficient (Wildman–Crippen LogP) is 3.00. The fourth-order valence-electron chi connectivity index (χ4n) is 5.79. The molecule has 9 nitrogen and oxygen atoms in total. The number of hydrogen-bond donors (Lipinski definition) is 1. The Bertz CT molecular complexity index is 1360. The number of hydrogen-bond acceptors (Lipinski definition) is 7. The summed E-state index contributed by atoms with van der Waals surface area (Å²) in [7, 11) is 0. The van der Waals surface area contributed by atoms with Crippen LogP contribution >= 0.6 is 0 Å². The van der Waals surface area contributed by atoms with E-state index in [2.05, 4.69) is 24.7 Å². The summed E-state index contributed by atoms with van der Waals surface area (Å²) in [6.07, 6.45) is 4.25. The van der Waals surface area contributed by atoms with Gasteiger partial charge in [0.05, 0.1) is 36.8 Å². The Morgan fingerprint density at radius 3 is 2.61 bits per heavy atom. The third-order valence-corrected chi connectivity index (χ3v) is 8.48. The standard InChI is InChI=1S/C28H33FN6O3/c1-17(18-10-26(36)30-13-18)38-28-27-25(31-16-35(27)19-2-3-19)12-24(32-28)22-5-4-20(11-23(22)29)33-6-8-34(9-7-33)21-14-37-15-21/h4-5,11-12,16-19,21H,2-3,6-10,13-15H2,1H3,(H,30,36)/t17-,18?/m1/s1. The van der Waals surface area contributed by atoms with Crippen LogP contribution in [-0.2, 0) is 9.53 Å². The van der Waals surface area contributed by atoms with E-state index >= 15 is 4.39 Å². The van der Waals surface area contributed by atoms with Gasteiger partial charge in [-0.05, 0) is 44.0 Å². The van der Waals surface area contributed by atoms with Crippen LogP contribution in [0.4, 0.5) is 10.1 Å². The van der Waals surface area contributed by atoms with Crippen molar-refractivity contribution in [3.63, 3.8) is 0 Å². The third-order valence-electron chi connectivity index (χ3n) is 8.48. The number of piperazine rings is 1. The fraction of sp³-hybridized carbons (Fsp3) is 0.536. The fourth-order valence-corrected chi connectivity index (χ4v) is 5.79. The van der Waals surface area contributed by atoms with E-state index in [9.17, 15) is 4.79 Å². The van der Waals surface area contributed by atoms with Gasteiger partial charge in [0.15, 0.2) is 0 Å². The van der Waals surface area contributed by atoms with Crippen LogP contribution in [0.25, 0.3) is 22.3 Å². The lowest BCUT2D eigenvalue weighted by Gasteiger charge is -2.43. The maximum Gasteiger partial charge on any atom is 0.241 e. The van der Waals surface area contributed by atoms with Gasteiger partial charge >= 0.3 is 0 Å². The number of nitrogens with zero attached hydrogens (tertiary/aromatic N) is 5. The minimum absolute atomic E-state index is 0.0426. The van der Waals surface area contributed by atoms with E-state index in [0.717, 1.165) is 69.0 Å². The van der Waals surface area contributed by atoms with Gasteiger partial charge in [-0.1, -0.05) is 0 Å². The molecule has 10 heteroatoms. The Hall–Kier alpha value is -3.24. The first-order valence-electron chi connectivity index (χ1n) is 13.7. The van der Waals surface area contributed by atoms with Crippen molar-refractivity contribution >= 4 is 22.6 Å². The number of anilines is 1. The highest BCUT2D eigenvalue weighted by molar-refractivity contribution is 5.85. The lowest BCUT2D eigenvalue weighted by molar-refractivity contribution is -0.119. The first-order valence-corrected chi connectivity index (χ1v) is 13.7. The summed E-state index contributed by atoms with van der Waals surface area (Å²) in [5, 5.41) is 2.88. The highest BCUT2D eigenvalue weighted by Crippen LogP contribution is 2.41. The summed E-state index contributed by atoms with van der Waals surface area (Å²) in [6, 6.07) is 8.19. The molecule has 1 unspecified atom stereocenters. The van der Waals surface area contributed by atoms with E-state index in [1.807, 2.05) is 31.5 Å². The van der Waals surface area contributed by atoms with Gasteiger partial charge in [0.25, 0.3) is 0 Å². The van der Waals surface area contributed by atoms with Gasteiger partial charge in [0.1, 0.15) is 17.4 Å². The van der Waals surface area contributed by atoms with Crippen molar-refractivity contribution in [1.29, 1.82) is 0 Å². The number of rotatable bonds is 7. The van der Waals surface area contributed by atoms with Crippen molar-refractivity contribution in [3.05, 3.63) is 36.4 Å². The normalized spacial score (nSPS) is 23.5. The molecule has 3 saturated heterocycles. The molecule has 4 fully saturated rings. The molecular weight excluding hydrogens is 487 g/mol. The van der Waals surface area contributed by atoms with E-state index in [0.29, 0.717) is 42.2 Å². The van der Waals surface area contributed by atoms with Gasteiger partial charge < -0.3 is 24.3 Å². The Morgan fingerprint density at radius 2 is 1.95 bits per heavy atom. The number of fused-ring (bicyclic) bond motifs is 1. The Labute approximate surface area is 220 Å². The smallest absolute Gasteiger partial charge is 0.241 e. The van der Waals surface area contributed by atoms with Crippen molar-refractivity contribution in [2.75, 3.05) is 50.8 Å². The van der Waals surface area contributed by atoms with Crippen LogP contribution in [0.15, 0.2) is 30.6 Å². The van der Waals surface area contributed by atoms with Crippen molar-refractivity contribution in [2.24, 2.45) is 5.92 Å². The molecule has 3 aliphatic heterocycles. The molecule has 2 aromatic heterocycles. The number of imidazole rings is 1. The zero-order valence-electron chi connectivity index (χ0n) is 21.6. The molecule has 1 aliphatic carbocycles. The Balaban J connectivity index is 1.16. The summed E-state index contributed by atoms with van der Waals surface area (Å²) >= 11 is 0. The van der Waals surface area contributed by atoms with Crippen molar-refractivity contribution < 1.29 is 18.7 Å². The molecule has 1 amide bonds. The molecule has 0 radical (unpaired) electrons. The topological polar surface area (TPSA) is 84.8 Å². The number of halogens is 1. The van der Waals surface area contributed by atoms with Crippen LogP contribution < -0.4 is 15.0 Å². The molecular formula is C28H33FN6O3. The van der Waals surface area contributed by atoms with E-state index < -0.39 is 0 Å².